The van der Waals surface area contributed by atoms with E-state index in [2.05, 4.69) is 23.7 Å². The van der Waals surface area contributed by atoms with Gasteiger partial charge in [0.1, 0.15) is 0 Å². The highest BCUT2D eigenvalue weighted by Gasteiger charge is 2.33. The number of nitrogens with zero attached hydrogens (tertiary/aromatic N) is 2. The van der Waals surface area contributed by atoms with Gasteiger partial charge in [-0.2, -0.15) is 0 Å². The highest BCUT2D eigenvalue weighted by Crippen LogP contribution is 2.27. The summed E-state index contributed by atoms with van der Waals surface area (Å²) in [4.78, 5) is 6.61. The molecule has 1 fully saturated rings. The molecular formula is C15H24N2O2. The van der Waals surface area contributed by atoms with Crippen LogP contribution in [0.5, 0.6) is 5.88 Å². The largest absolute Gasteiger partial charge is 0.481 e. The number of rotatable bonds is 4. The SMILES string of the molecule is COc1ccc(CC2(O)CCN(C(C)C)CC2)cn1. The van der Waals surface area contributed by atoms with Crippen molar-refractivity contribution in [2.45, 2.75) is 44.8 Å². The zero-order valence-electron chi connectivity index (χ0n) is 12.1. The lowest BCUT2D eigenvalue weighted by Gasteiger charge is -2.40. The second kappa shape index (κ2) is 5.88. The zero-order chi connectivity index (χ0) is 13.9. The molecule has 4 heteroatoms. The standard InChI is InChI=1S/C15H24N2O2/c1-12(2)17-8-6-15(18,7-9-17)10-13-4-5-14(19-3)16-11-13/h4-5,11-12,18H,6-10H2,1-3H3. The second-order valence-electron chi connectivity index (χ2n) is 5.74. The molecule has 0 spiro atoms. The van der Waals surface area contributed by atoms with Crippen molar-refractivity contribution >= 4 is 0 Å². The fraction of sp³-hybridized carbons (Fsp3) is 0.667. The van der Waals surface area contributed by atoms with E-state index < -0.39 is 5.60 Å². The molecule has 4 nitrogen and oxygen atoms in total. The number of piperidine rings is 1. The van der Waals surface area contributed by atoms with Gasteiger partial charge in [-0.15, -0.1) is 0 Å². The van der Waals surface area contributed by atoms with Crippen molar-refractivity contribution in [2.75, 3.05) is 20.2 Å². The van der Waals surface area contributed by atoms with Crippen molar-refractivity contribution in [3.8, 4) is 5.88 Å². The van der Waals surface area contributed by atoms with E-state index in [1.54, 1.807) is 13.3 Å². The molecule has 0 unspecified atom stereocenters. The minimum Gasteiger partial charge on any atom is -0.481 e. The smallest absolute Gasteiger partial charge is 0.212 e. The van der Waals surface area contributed by atoms with Gasteiger partial charge in [0.15, 0.2) is 0 Å². The lowest BCUT2D eigenvalue weighted by Crippen LogP contribution is -2.47. The first kappa shape index (κ1) is 14.3. The zero-order valence-corrected chi connectivity index (χ0v) is 12.1. The van der Waals surface area contributed by atoms with Crippen LogP contribution in [0.1, 0.15) is 32.3 Å². The van der Waals surface area contributed by atoms with Crippen molar-refractivity contribution in [3.05, 3.63) is 23.9 Å². The lowest BCUT2D eigenvalue weighted by atomic mass is 9.85. The average molecular weight is 264 g/mol. The number of aromatic nitrogens is 1. The molecule has 0 atom stereocenters. The van der Waals surface area contributed by atoms with E-state index in [1.165, 1.54) is 0 Å². The maximum Gasteiger partial charge on any atom is 0.212 e. The molecule has 0 saturated carbocycles. The summed E-state index contributed by atoms with van der Waals surface area (Å²) in [5.74, 6) is 0.616. The summed E-state index contributed by atoms with van der Waals surface area (Å²) in [7, 11) is 1.61. The first-order valence-electron chi connectivity index (χ1n) is 6.98. The van der Waals surface area contributed by atoms with Crippen LogP contribution in [0.2, 0.25) is 0 Å². The molecule has 1 aliphatic rings. The van der Waals surface area contributed by atoms with E-state index in [0.29, 0.717) is 18.3 Å². The highest BCUT2D eigenvalue weighted by atomic mass is 16.5. The molecule has 2 heterocycles. The predicted octanol–water partition coefficient (Wildman–Crippen LogP) is 1.87. The van der Waals surface area contributed by atoms with Crippen molar-refractivity contribution in [3.63, 3.8) is 0 Å². The first-order chi connectivity index (χ1) is 9.02. The van der Waals surface area contributed by atoms with E-state index in [1.807, 2.05) is 12.1 Å². The molecule has 1 N–H and O–H groups in total. The summed E-state index contributed by atoms with van der Waals surface area (Å²) in [5.41, 5.74) is 0.489. The van der Waals surface area contributed by atoms with Crippen molar-refractivity contribution in [1.29, 1.82) is 0 Å². The minimum atomic E-state index is -0.582. The Morgan fingerprint density at radius 1 is 1.37 bits per heavy atom. The van der Waals surface area contributed by atoms with Crippen LogP contribution in [0.15, 0.2) is 18.3 Å². The molecule has 1 aromatic heterocycles. The molecule has 0 radical (unpaired) electrons. The van der Waals surface area contributed by atoms with Gasteiger partial charge in [-0.1, -0.05) is 6.07 Å². The van der Waals surface area contributed by atoms with Crippen LogP contribution in [0.3, 0.4) is 0 Å². The molecule has 19 heavy (non-hydrogen) atoms. The Morgan fingerprint density at radius 3 is 2.53 bits per heavy atom. The van der Waals surface area contributed by atoms with Gasteiger partial charge in [-0.05, 0) is 32.3 Å². The summed E-state index contributed by atoms with van der Waals surface area (Å²) in [6, 6.07) is 4.40. The van der Waals surface area contributed by atoms with E-state index in [4.69, 9.17) is 4.74 Å². The fourth-order valence-corrected chi connectivity index (χ4v) is 2.65. The van der Waals surface area contributed by atoms with Gasteiger partial charge in [0.25, 0.3) is 0 Å². The Bertz CT molecular complexity index is 395. The minimum absolute atomic E-state index is 0.562. The van der Waals surface area contributed by atoms with Crippen LogP contribution in [-0.4, -0.2) is 46.8 Å². The highest BCUT2D eigenvalue weighted by molar-refractivity contribution is 5.19. The third-order valence-corrected chi connectivity index (χ3v) is 4.00. The van der Waals surface area contributed by atoms with Crippen molar-refractivity contribution < 1.29 is 9.84 Å². The summed E-state index contributed by atoms with van der Waals surface area (Å²) in [5, 5.41) is 10.7. The quantitative estimate of drug-likeness (QED) is 0.902. The number of hydrogen-bond acceptors (Lipinski definition) is 4. The Labute approximate surface area is 115 Å². The van der Waals surface area contributed by atoms with Crippen LogP contribution in [-0.2, 0) is 6.42 Å². The van der Waals surface area contributed by atoms with Gasteiger partial charge in [0.2, 0.25) is 5.88 Å². The van der Waals surface area contributed by atoms with Gasteiger partial charge >= 0.3 is 0 Å². The van der Waals surface area contributed by atoms with Gasteiger partial charge in [-0.25, -0.2) is 4.98 Å². The van der Waals surface area contributed by atoms with Gasteiger partial charge < -0.3 is 14.7 Å². The fourth-order valence-electron chi connectivity index (χ4n) is 2.65. The van der Waals surface area contributed by atoms with Crippen molar-refractivity contribution in [1.82, 2.24) is 9.88 Å². The molecule has 0 aliphatic carbocycles. The molecule has 1 aromatic rings. The Balaban J connectivity index is 1.94. The Morgan fingerprint density at radius 2 is 2.05 bits per heavy atom. The predicted molar refractivity (Wildman–Crippen MR) is 75.4 cm³/mol. The molecule has 1 aliphatic heterocycles. The molecule has 106 valence electrons. The number of hydrogen-bond donors (Lipinski definition) is 1. The topological polar surface area (TPSA) is 45.6 Å². The van der Waals surface area contributed by atoms with E-state index in [-0.39, 0.29) is 0 Å². The van der Waals surface area contributed by atoms with E-state index in [9.17, 15) is 5.11 Å². The number of aliphatic hydroxyl groups is 1. The van der Waals surface area contributed by atoms with E-state index >= 15 is 0 Å². The molecule has 0 amide bonds. The van der Waals surface area contributed by atoms with Crippen LogP contribution in [0, 0.1) is 0 Å². The number of ether oxygens (including phenoxy) is 1. The lowest BCUT2D eigenvalue weighted by molar-refractivity contribution is -0.0272. The maximum atomic E-state index is 10.7. The number of pyridine rings is 1. The molecule has 2 rings (SSSR count). The first-order valence-corrected chi connectivity index (χ1v) is 6.98. The molecule has 0 aromatic carbocycles. The van der Waals surface area contributed by atoms with Gasteiger partial charge in [-0.3, -0.25) is 0 Å². The Kier molecular flexibility index (Phi) is 4.42. The third-order valence-electron chi connectivity index (χ3n) is 4.00. The van der Waals surface area contributed by atoms with Crippen molar-refractivity contribution in [2.24, 2.45) is 0 Å². The van der Waals surface area contributed by atoms with Gasteiger partial charge in [0, 0.05) is 37.8 Å². The molecule has 1 saturated heterocycles. The van der Waals surface area contributed by atoms with Crippen LogP contribution < -0.4 is 4.74 Å². The second-order valence-corrected chi connectivity index (χ2v) is 5.74. The maximum absolute atomic E-state index is 10.7. The molecule has 0 bridgehead atoms. The summed E-state index contributed by atoms with van der Waals surface area (Å²) in [6.07, 6.45) is 4.13. The number of methoxy groups -OCH3 is 1. The van der Waals surface area contributed by atoms with E-state index in [0.717, 1.165) is 31.5 Å². The van der Waals surface area contributed by atoms with Crippen LogP contribution in [0.4, 0.5) is 0 Å². The average Bonchev–Trinajstić information content (AvgIpc) is 2.40. The van der Waals surface area contributed by atoms with Gasteiger partial charge in [0.05, 0.1) is 12.7 Å². The monoisotopic (exact) mass is 264 g/mol. The third kappa shape index (κ3) is 3.67. The Hall–Kier alpha value is -1.13. The summed E-state index contributed by atoms with van der Waals surface area (Å²) in [6.45, 7) is 6.35. The van der Waals surface area contributed by atoms with Crippen LogP contribution >= 0.6 is 0 Å². The summed E-state index contributed by atoms with van der Waals surface area (Å²) < 4.78 is 5.04. The molecular weight excluding hydrogens is 240 g/mol. The van der Waals surface area contributed by atoms with Crippen LogP contribution in [0.25, 0.3) is 0 Å². The summed E-state index contributed by atoms with van der Waals surface area (Å²) >= 11 is 0. The number of likely N-dealkylation sites (tertiary alicyclic amines) is 1. The normalized spacial score (nSPS) is 19.6.